The molecular formula is C65H100N10O22S. The van der Waals surface area contributed by atoms with Gasteiger partial charge >= 0.3 is 5.97 Å². The predicted molar refractivity (Wildman–Crippen MR) is 349 cm³/mol. The lowest BCUT2D eigenvalue weighted by atomic mass is 9.73. The van der Waals surface area contributed by atoms with E-state index in [0.717, 1.165) is 25.7 Å². The molecule has 2 saturated carbocycles. The van der Waals surface area contributed by atoms with Gasteiger partial charge in [-0.3, -0.25) is 43.2 Å². The summed E-state index contributed by atoms with van der Waals surface area (Å²) in [5, 5.41) is 26.3. The van der Waals surface area contributed by atoms with E-state index in [4.69, 9.17) is 47.4 Å². The third kappa shape index (κ3) is 29.9. The fourth-order valence-corrected chi connectivity index (χ4v) is 12.8. The standard InChI is InChI=1S/C65H100N10O22S/c1-88-25-26-91-29-30-93-33-34-95-37-38-96-36-35-94-32-31-92-28-27-89-22-17-54(76)66-20-8-7-13-51(72-55(77)16-21-75-45-65(18-23-90-24-19-65)60-50(63(75)85)41-70-64(74-60)98(86,87)49-11-5-6-12-49)61(83)68-42-56(78)67-44-58(80)73-52(39-47-9-3-2-4-10-47)62(84)69-43-57(79)71-46-97-53(40-59(81)82)48-14-15-48/h2-4,9-10,41,48-49,51-53H,5-8,11-40,42-46H2,1H3,(H,66,76)(H,67,78)(H,68,83)(H,69,84)(H,71,79)(H,72,77)(H,73,80)(H,81,82)/t51-,52-,53-/m0/s1. The molecule has 98 heavy (non-hydrogen) atoms. The Morgan fingerprint density at radius 3 is 1.78 bits per heavy atom. The second-order valence-electron chi connectivity index (χ2n) is 24.1. The Balaban J connectivity index is 0.926. The van der Waals surface area contributed by atoms with Crippen LogP contribution in [0.5, 0.6) is 0 Å². The average Bonchev–Trinajstić information content (AvgIpc) is 0.913. The Hall–Kier alpha value is -6.92. The molecule has 3 fully saturated rings. The minimum absolute atomic E-state index is 0.0148. The zero-order valence-electron chi connectivity index (χ0n) is 56.2. The number of amides is 8. The lowest BCUT2D eigenvalue weighted by Crippen LogP contribution is -2.54. The van der Waals surface area contributed by atoms with Crippen LogP contribution < -0.4 is 37.2 Å². The van der Waals surface area contributed by atoms with Crippen molar-refractivity contribution < 1.29 is 104 Å². The maximum Gasteiger partial charge on any atom is 0.305 e. The summed E-state index contributed by atoms with van der Waals surface area (Å²) >= 11 is 0. The molecule has 2 aliphatic heterocycles. The van der Waals surface area contributed by atoms with Crippen molar-refractivity contribution in [2.45, 2.75) is 130 Å². The number of ether oxygens (including phenoxy) is 10. The van der Waals surface area contributed by atoms with Crippen LogP contribution in [0.1, 0.15) is 112 Å². The van der Waals surface area contributed by atoms with Crippen molar-refractivity contribution in [3.05, 3.63) is 53.3 Å². The van der Waals surface area contributed by atoms with Crippen molar-refractivity contribution in [1.82, 2.24) is 52.1 Å². The monoisotopic (exact) mass is 1400 g/mol. The normalized spacial score (nSPS) is 16.1. The number of rotatable bonds is 52. The third-order valence-electron chi connectivity index (χ3n) is 16.7. The van der Waals surface area contributed by atoms with Crippen LogP contribution in [0, 0.1) is 5.92 Å². The first-order valence-corrected chi connectivity index (χ1v) is 35.4. The number of hydrogen-bond donors (Lipinski definition) is 8. The topological polar surface area (TPSA) is 414 Å². The largest absolute Gasteiger partial charge is 0.481 e. The van der Waals surface area contributed by atoms with Crippen LogP contribution in [0.25, 0.3) is 0 Å². The molecule has 548 valence electrons. The lowest BCUT2D eigenvalue weighted by molar-refractivity contribution is -0.141. The number of sulfone groups is 1. The molecule has 3 atom stereocenters. The maximum atomic E-state index is 14.1. The number of carboxylic acids is 1. The van der Waals surface area contributed by atoms with Gasteiger partial charge in [-0.05, 0) is 69.3 Å². The number of nitrogens with one attached hydrogen (secondary N) is 7. The lowest BCUT2D eigenvalue weighted by Gasteiger charge is -2.44. The molecule has 33 heteroatoms. The fourth-order valence-electron chi connectivity index (χ4n) is 11.1. The Kier molecular flexibility index (Phi) is 36.7. The van der Waals surface area contributed by atoms with Crippen LogP contribution in [0.3, 0.4) is 0 Å². The third-order valence-corrected chi connectivity index (χ3v) is 18.7. The van der Waals surface area contributed by atoms with Gasteiger partial charge < -0.3 is 94.6 Å². The summed E-state index contributed by atoms with van der Waals surface area (Å²) in [6.45, 7) is 5.06. The van der Waals surface area contributed by atoms with Crippen molar-refractivity contribution in [3.8, 4) is 0 Å². The quantitative estimate of drug-likeness (QED) is 0.0234. The molecule has 1 aromatic carbocycles. The SMILES string of the molecule is COCCOCCOCCOCCOCCOCCOCCOCCC(=O)NCCCC[C@H](NC(=O)CCN1CC2(CCOCC2)c2nc(S(=O)(=O)C3CCCC3)ncc2C1=O)C(=O)NCC(=O)NCC(=O)N[C@@H](Cc1ccccc1)C(=O)NCC(=O)NCO[C@@H](CC(=O)O)C1CC1. The Morgan fingerprint density at radius 2 is 1.19 bits per heavy atom. The fraction of sp³-hybridized carbons (Fsp3) is 0.708. The molecule has 32 nitrogen and oxygen atoms in total. The number of carboxylic acid groups (broad SMARTS) is 1. The minimum Gasteiger partial charge on any atom is -0.481 e. The number of hydrogen-bond acceptors (Lipinski definition) is 23. The smallest absolute Gasteiger partial charge is 0.305 e. The zero-order valence-corrected chi connectivity index (χ0v) is 57.0. The predicted octanol–water partition coefficient (Wildman–Crippen LogP) is -0.569. The minimum atomic E-state index is -3.84. The average molecular weight is 1410 g/mol. The maximum absolute atomic E-state index is 14.1. The van der Waals surface area contributed by atoms with Gasteiger partial charge in [0, 0.05) is 70.8 Å². The summed E-state index contributed by atoms with van der Waals surface area (Å²) in [6.07, 6.45) is 6.26. The van der Waals surface area contributed by atoms with Crippen LogP contribution in [-0.2, 0) is 107 Å². The summed E-state index contributed by atoms with van der Waals surface area (Å²) in [4.78, 5) is 129. The number of aliphatic carboxylic acids is 1. The van der Waals surface area contributed by atoms with Gasteiger partial charge in [-0.1, -0.05) is 43.2 Å². The van der Waals surface area contributed by atoms with Crippen molar-refractivity contribution in [2.75, 3.05) is 165 Å². The van der Waals surface area contributed by atoms with Gasteiger partial charge in [0.1, 0.15) is 18.8 Å². The van der Waals surface area contributed by atoms with E-state index in [1.807, 2.05) is 0 Å². The molecular weight excluding hydrogens is 1300 g/mol. The highest BCUT2D eigenvalue weighted by Gasteiger charge is 2.47. The molecule has 1 saturated heterocycles. The second kappa shape index (κ2) is 45.0. The molecule has 0 radical (unpaired) electrons. The van der Waals surface area contributed by atoms with Gasteiger partial charge in [0.15, 0.2) is 0 Å². The molecule has 8 N–H and O–H groups in total. The van der Waals surface area contributed by atoms with Gasteiger partial charge in [-0.15, -0.1) is 0 Å². The van der Waals surface area contributed by atoms with E-state index in [-0.39, 0.29) is 94.2 Å². The molecule has 8 amide bonds. The zero-order chi connectivity index (χ0) is 70.2. The molecule has 6 rings (SSSR count). The van der Waals surface area contributed by atoms with E-state index in [2.05, 4.69) is 47.2 Å². The molecule has 1 spiro atoms. The summed E-state index contributed by atoms with van der Waals surface area (Å²) in [5.74, 6) is -5.91. The number of fused-ring (bicyclic) bond motifs is 2. The van der Waals surface area contributed by atoms with E-state index in [9.17, 15) is 56.7 Å². The highest BCUT2D eigenvalue weighted by molar-refractivity contribution is 7.91. The Labute approximate surface area is 572 Å². The summed E-state index contributed by atoms with van der Waals surface area (Å²) in [5.41, 5.74) is 0.401. The number of unbranched alkanes of at least 4 members (excludes halogenated alkanes) is 1. The molecule has 1 aromatic heterocycles. The number of benzene rings is 1. The van der Waals surface area contributed by atoms with E-state index in [1.54, 1.807) is 37.4 Å². The number of carbonyl (C=O) groups excluding carboxylic acids is 8. The number of methoxy groups -OCH3 is 1. The first-order chi connectivity index (χ1) is 47.5. The second-order valence-corrected chi connectivity index (χ2v) is 26.3. The summed E-state index contributed by atoms with van der Waals surface area (Å²) in [6, 6.07) is 6.34. The van der Waals surface area contributed by atoms with Crippen LogP contribution in [0.15, 0.2) is 41.7 Å². The van der Waals surface area contributed by atoms with Gasteiger partial charge in [-0.2, -0.15) is 0 Å². The Morgan fingerprint density at radius 1 is 0.643 bits per heavy atom. The van der Waals surface area contributed by atoms with Crippen LogP contribution >= 0.6 is 0 Å². The number of nitrogens with zero attached hydrogens (tertiary/aromatic N) is 3. The Bertz CT molecular complexity index is 2920. The molecule has 2 aromatic rings. The van der Waals surface area contributed by atoms with Crippen LogP contribution in [-0.4, -0.2) is 270 Å². The van der Waals surface area contributed by atoms with Gasteiger partial charge in [0.25, 0.3) is 5.91 Å². The number of aromatic nitrogens is 2. The van der Waals surface area contributed by atoms with E-state index < -0.39 is 106 Å². The highest BCUT2D eigenvalue weighted by Crippen LogP contribution is 2.41. The summed E-state index contributed by atoms with van der Waals surface area (Å²) in [7, 11) is -2.22. The first-order valence-electron chi connectivity index (χ1n) is 33.8. The van der Waals surface area contributed by atoms with E-state index in [0.29, 0.717) is 149 Å². The molecule has 4 aliphatic rings. The van der Waals surface area contributed by atoms with Crippen molar-refractivity contribution in [3.63, 3.8) is 0 Å². The first kappa shape index (κ1) is 80.1. The van der Waals surface area contributed by atoms with Crippen LogP contribution in [0.4, 0.5) is 0 Å². The van der Waals surface area contributed by atoms with Crippen molar-refractivity contribution in [1.29, 1.82) is 0 Å². The van der Waals surface area contributed by atoms with Gasteiger partial charge in [-0.25, -0.2) is 18.4 Å². The van der Waals surface area contributed by atoms with Crippen LogP contribution in [0.2, 0.25) is 0 Å². The number of carbonyl (C=O) groups is 9. The molecule has 0 bridgehead atoms. The van der Waals surface area contributed by atoms with E-state index >= 15 is 0 Å². The molecule has 3 heterocycles. The highest BCUT2D eigenvalue weighted by atomic mass is 32.2. The molecule has 0 unspecified atom stereocenters. The van der Waals surface area contributed by atoms with Crippen molar-refractivity contribution in [2.24, 2.45) is 5.92 Å². The van der Waals surface area contributed by atoms with E-state index in [1.165, 1.54) is 11.1 Å². The molecule has 2 aliphatic carbocycles. The summed E-state index contributed by atoms with van der Waals surface area (Å²) < 4.78 is 81.7. The van der Waals surface area contributed by atoms with Gasteiger partial charge in [0.2, 0.25) is 56.3 Å². The van der Waals surface area contributed by atoms with Crippen molar-refractivity contribution >= 4 is 63.1 Å². The van der Waals surface area contributed by atoms with Gasteiger partial charge in [0.05, 0.1) is 148 Å².